The van der Waals surface area contributed by atoms with Crippen molar-refractivity contribution in [2.24, 2.45) is 0 Å². The van der Waals surface area contributed by atoms with Crippen molar-refractivity contribution < 1.29 is 14.3 Å². The summed E-state index contributed by atoms with van der Waals surface area (Å²) in [6, 6.07) is 5.56. The summed E-state index contributed by atoms with van der Waals surface area (Å²) in [6.07, 6.45) is 1.57. The van der Waals surface area contributed by atoms with E-state index < -0.39 is 0 Å². The fourth-order valence-corrected chi connectivity index (χ4v) is 3.25. The van der Waals surface area contributed by atoms with Gasteiger partial charge in [-0.3, -0.25) is 0 Å². The third-order valence-electron chi connectivity index (χ3n) is 3.13. The number of methoxy groups -OCH3 is 1. The number of rotatable bonds is 3. The number of halogens is 1. The number of ether oxygens (including phenoxy) is 2. The molecule has 1 aliphatic rings. The lowest BCUT2D eigenvalue weighted by Gasteiger charge is -2.30. The van der Waals surface area contributed by atoms with E-state index in [2.05, 4.69) is 9.88 Å². The predicted molar refractivity (Wildman–Crippen MR) is 81.5 cm³/mol. The highest BCUT2D eigenvalue weighted by atomic mass is 35.5. The molecule has 0 N–H and O–H groups in total. The summed E-state index contributed by atoms with van der Waals surface area (Å²) in [7, 11) is 1.38. The molecule has 0 saturated carbocycles. The van der Waals surface area contributed by atoms with Crippen molar-refractivity contribution in [3.8, 4) is 5.88 Å². The molecule has 0 amide bonds. The molecule has 0 saturated heterocycles. The number of nitrogens with zero attached hydrogens (tertiary/aromatic N) is 2. The zero-order chi connectivity index (χ0) is 14.8. The van der Waals surface area contributed by atoms with Crippen molar-refractivity contribution in [2.75, 3.05) is 25.2 Å². The summed E-state index contributed by atoms with van der Waals surface area (Å²) in [5.41, 5.74) is 0.877. The summed E-state index contributed by atoms with van der Waals surface area (Å²) in [5, 5.41) is 0.575. The van der Waals surface area contributed by atoms with Gasteiger partial charge in [-0.25, -0.2) is 9.78 Å². The van der Waals surface area contributed by atoms with Crippen LogP contribution in [0.1, 0.15) is 14.5 Å². The molecule has 3 heterocycles. The van der Waals surface area contributed by atoms with Gasteiger partial charge in [0.1, 0.15) is 17.2 Å². The maximum atomic E-state index is 11.5. The van der Waals surface area contributed by atoms with Crippen molar-refractivity contribution in [2.45, 2.75) is 6.54 Å². The first-order valence-electron chi connectivity index (χ1n) is 6.37. The SMILES string of the molecule is COC(=O)c1ccc(CN2CCOc3ncc(Cl)cc32)s1. The van der Waals surface area contributed by atoms with E-state index in [1.165, 1.54) is 18.4 Å². The number of hydrogen-bond donors (Lipinski definition) is 0. The molecule has 110 valence electrons. The van der Waals surface area contributed by atoms with Crippen LogP contribution in [0.5, 0.6) is 5.88 Å². The second kappa shape index (κ2) is 5.91. The maximum absolute atomic E-state index is 11.5. The van der Waals surface area contributed by atoms with Crippen LogP contribution in [-0.2, 0) is 11.3 Å². The molecular weight excluding hydrogens is 312 g/mol. The number of esters is 1. The van der Waals surface area contributed by atoms with Crippen LogP contribution in [0.2, 0.25) is 5.02 Å². The summed E-state index contributed by atoms with van der Waals surface area (Å²) >= 11 is 7.43. The Morgan fingerprint density at radius 2 is 2.43 bits per heavy atom. The van der Waals surface area contributed by atoms with Crippen molar-refractivity contribution in [1.82, 2.24) is 4.98 Å². The molecule has 21 heavy (non-hydrogen) atoms. The molecule has 2 aromatic heterocycles. The van der Waals surface area contributed by atoms with Crippen LogP contribution in [0.15, 0.2) is 24.4 Å². The Balaban J connectivity index is 1.82. The van der Waals surface area contributed by atoms with Crippen LogP contribution >= 0.6 is 22.9 Å². The third-order valence-corrected chi connectivity index (χ3v) is 4.39. The minimum Gasteiger partial charge on any atom is -0.474 e. The number of carbonyl (C=O) groups is 1. The highest BCUT2D eigenvalue weighted by molar-refractivity contribution is 7.13. The monoisotopic (exact) mass is 324 g/mol. The van der Waals surface area contributed by atoms with Gasteiger partial charge in [0.2, 0.25) is 5.88 Å². The van der Waals surface area contributed by atoms with Gasteiger partial charge in [0.25, 0.3) is 0 Å². The molecule has 0 spiro atoms. The first-order valence-corrected chi connectivity index (χ1v) is 7.57. The minimum absolute atomic E-state index is 0.307. The Morgan fingerprint density at radius 1 is 1.57 bits per heavy atom. The fraction of sp³-hybridized carbons (Fsp3) is 0.286. The van der Waals surface area contributed by atoms with Gasteiger partial charge < -0.3 is 14.4 Å². The van der Waals surface area contributed by atoms with Gasteiger partial charge >= 0.3 is 5.97 Å². The first-order chi connectivity index (χ1) is 10.2. The van der Waals surface area contributed by atoms with Gasteiger partial charge in [-0.05, 0) is 18.2 Å². The number of aromatic nitrogens is 1. The molecule has 0 aromatic carbocycles. The second-order valence-corrected chi connectivity index (χ2v) is 6.11. The average molecular weight is 325 g/mol. The van der Waals surface area contributed by atoms with E-state index in [9.17, 15) is 4.79 Å². The minimum atomic E-state index is -0.307. The van der Waals surface area contributed by atoms with Crippen molar-refractivity contribution in [1.29, 1.82) is 0 Å². The lowest BCUT2D eigenvalue weighted by Crippen LogP contribution is -2.32. The van der Waals surface area contributed by atoms with E-state index in [0.717, 1.165) is 17.1 Å². The predicted octanol–water partition coefficient (Wildman–Crippen LogP) is 2.98. The van der Waals surface area contributed by atoms with Crippen LogP contribution in [0.4, 0.5) is 5.69 Å². The summed E-state index contributed by atoms with van der Waals surface area (Å²) in [5.74, 6) is 0.286. The molecule has 5 nitrogen and oxygen atoms in total. The number of anilines is 1. The zero-order valence-electron chi connectivity index (χ0n) is 11.3. The highest BCUT2D eigenvalue weighted by Crippen LogP contribution is 2.33. The highest BCUT2D eigenvalue weighted by Gasteiger charge is 2.21. The standard InChI is InChI=1S/C14H13ClN2O3S/c1-19-14(18)12-3-2-10(21-12)8-17-4-5-20-13-11(17)6-9(15)7-16-13/h2-3,6-7H,4-5,8H2,1H3. The molecule has 1 aliphatic heterocycles. The summed E-state index contributed by atoms with van der Waals surface area (Å²) < 4.78 is 10.2. The Morgan fingerprint density at radius 3 is 3.24 bits per heavy atom. The van der Waals surface area contributed by atoms with E-state index in [-0.39, 0.29) is 5.97 Å². The van der Waals surface area contributed by atoms with Crippen LogP contribution < -0.4 is 9.64 Å². The maximum Gasteiger partial charge on any atom is 0.348 e. The molecule has 3 rings (SSSR count). The van der Waals surface area contributed by atoms with Crippen LogP contribution in [0.25, 0.3) is 0 Å². The number of carbonyl (C=O) groups excluding carboxylic acids is 1. The summed E-state index contributed by atoms with van der Waals surface area (Å²) in [6.45, 7) is 2.01. The van der Waals surface area contributed by atoms with Gasteiger partial charge in [0.15, 0.2) is 0 Å². The molecule has 0 unspecified atom stereocenters. The van der Waals surface area contributed by atoms with Gasteiger partial charge in [-0.15, -0.1) is 11.3 Å². The smallest absolute Gasteiger partial charge is 0.348 e. The van der Waals surface area contributed by atoms with Gasteiger partial charge in [0, 0.05) is 11.1 Å². The molecule has 0 atom stereocenters. The quantitative estimate of drug-likeness (QED) is 0.812. The van der Waals surface area contributed by atoms with Crippen LogP contribution in [0.3, 0.4) is 0 Å². The lowest BCUT2D eigenvalue weighted by molar-refractivity contribution is 0.0606. The molecule has 0 radical (unpaired) electrons. The van der Waals surface area contributed by atoms with Crippen molar-refractivity contribution in [3.63, 3.8) is 0 Å². The second-order valence-electron chi connectivity index (χ2n) is 4.51. The van der Waals surface area contributed by atoms with Gasteiger partial charge in [-0.1, -0.05) is 11.6 Å². The summed E-state index contributed by atoms with van der Waals surface area (Å²) in [4.78, 5) is 19.5. The topological polar surface area (TPSA) is 51.7 Å². The Hall–Kier alpha value is -1.79. The zero-order valence-corrected chi connectivity index (χ0v) is 12.9. The Bertz CT molecular complexity index is 674. The largest absolute Gasteiger partial charge is 0.474 e. The Kier molecular flexibility index (Phi) is 3.98. The molecule has 0 fully saturated rings. The Labute approximate surface area is 131 Å². The first kappa shape index (κ1) is 14.2. The molecule has 0 bridgehead atoms. The van der Waals surface area contributed by atoms with Gasteiger partial charge in [-0.2, -0.15) is 0 Å². The fourth-order valence-electron chi connectivity index (χ4n) is 2.15. The van der Waals surface area contributed by atoms with Crippen LogP contribution in [0, 0.1) is 0 Å². The third kappa shape index (κ3) is 2.96. The molecule has 2 aromatic rings. The van der Waals surface area contributed by atoms with E-state index in [4.69, 9.17) is 21.1 Å². The molecule has 0 aliphatic carbocycles. The van der Waals surface area contributed by atoms with E-state index in [0.29, 0.717) is 28.9 Å². The normalized spacial score (nSPS) is 13.5. The molecule has 7 heteroatoms. The number of hydrogen-bond acceptors (Lipinski definition) is 6. The van der Waals surface area contributed by atoms with Crippen molar-refractivity contribution in [3.05, 3.63) is 39.2 Å². The lowest BCUT2D eigenvalue weighted by atomic mass is 10.3. The molecular formula is C14H13ClN2O3S. The van der Waals surface area contributed by atoms with E-state index >= 15 is 0 Å². The van der Waals surface area contributed by atoms with Crippen molar-refractivity contribution >= 4 is 34.6 Å². The van der Waals surface area contributed by atoms with Gasteiger partial charge in [0.05, 0.1) is 25.2 Å². The average Bonchev–Trinajstić information content (AvgIpc) is 2.95. The number of thiophene rings is 1. The van der Waals surface area contributed by atoms with Crippen LogP contribution in [-0.4, -0.2) is 31.2 Å². The van der Waals surface area contributed by atoms with E-state index in [1.807, 2.05) is 12.1 Å². The number of fused-ring (bicyclic) bond motifs is 1. The number of pyridine rings is 1. The van der Waals surface area contributed by atoms with E-state index in [1.54, 1.807) is 12.3 Å².